The maximum absolute atomic E-state index is 13.3. The predicted molar refractivity (Wildman–Crippen MR) is 105 cm³/mol. The third-order valence-corrected chi connectivity index (χ3v) is 4.66. The number of nitrogens with one attached hydrogen (secondary N) is 2. The van der Waals surface area contributed by atoms with Crippen molar-refractivity contribution in [2.45, 2.75) is 6.18 Å². The summed E-state index contributed by atoms with van der Waals surface area (Å²) in [6, 6.07) is 7.92. The van der Waals surface area contributed by atoms with Gasteiger partial charge in [-0.25, -0.2) is 14.5 Å². The Morgan fingerprint density at radius 3 is 2.65 bits per heavy atom. The molecule has 0 fully saturated rings. The number of aromatic nitrogens is 4. The molecule has 0 aliphatic heterocycles. The number of carbonyl (C=O) groups excluding carboxylic acids is 1. The summed E-state index contributed by atoms with van der Waals surface area (Å²) in [5.74, 6) is -2.55. The van der Waals surface area contributed by atoms with Crippen molar-refractivity contribution in [1.29, 1.82) is 0 Å². The van der Waals surface area contributed by atoms with Crippen molar-refractivity contribution in [1.82, 2.24) is 19.7 Å². The van der Waals surface area contributed by atoms with E-state index in [0.29, 0.717) is 16.1 Å². The first-order valence-electron chi connectivity index (χ1n) is 8.59. The van der Waals surface area contributed by atoms with Crippen molar-refractivity contribution in [3.05, 3.63) is 70.8 Å². The Morgan fingerprint density at radius 1 is 1.19 bits per heavy atom. The van der Waals surface area contributed by atoms with Crippen molar-refractivity contribution in [3.8, 4) is 5.82 Å². The van der Waals surface area contributed by atoms with E-state index in [-0.39, 0.29) is 27.6 Å². The van der Waals surface area contributed by atoms with Gasteiger partial charge in [-0.15, -0.1) is 0 Å². The van der Waals surface area contributed by atoms with Crippen molar-refractivity contribution in [2.75, 3.05) is 5.32 Å². The third-order valence-electron chi connectivity index (χ3n) is 4.36. The van der Waals surface area contributed by atoms with Gasteiger partial charge in [-0.2, -0.15) is 18.3 Å². The number of pyridine rings is 1. The molecular weight excluding hydrogens is 439 g/mol. The molecule has 0 bridgehead atoms. The van der Waals surface area contributed by atoms with Crippen LogP contribution in [0.25, 0.3) is 16.7 Å². The molecule has 0 atom stereocenters. The van der Waals surface area contributed by atoms with E-state index in [2.05, 4.69) is 20.4 Å². The van der Waals surface area contributed by atoms with Crippen molar-refractivity contribution >= 4 is 40.1 Å². The minimum absolute atomic E-state index is 0.0348. The van der Waals surface area contributed by atoms with Crippen LogP contribution in [-0.2, 0) is 6.18 Å². The van der Waals surface area contributed by atoms with Crippen LogP contribution in [0.15, 0.2) is 48.8 Å². The Morgan fingerprint density at radius 2 is 1.97 bits per heavy atom. The summed E-state index contributed by atoms with van der Waals surface area (Å²) < 4.78 is 40.4. The third kappa shape index (κ3) is 3.70. The van der Waals surface area contributed by atoms with Gasteiger partial charge in [0.05, 0.1) is 16.2 Å². The highest BCUT2D eigenvalue weighted by atomic mass is 35.5. The highest BCUT2D eigenvalue weighted by molar-refractivity contribution is 6.32. The Balaban J connectivity index is 1.82. The quantitative estimate of drug-likeness (QED) is 0.428. The summed E-state index contributed by atoms with van der Waals surface area (Å²) in [6.45, 7) is 0. The van der Waals surface area contributed by atoms with Crippen LogP contribution in [0.4, 0.5) is 18.9 Å². The number of carboxylic acids is 1. The van der Waals surface area contributed by atoms with E-state index in [1.165, 1.54) is 30.6 Å². The highest BCUT2D eigenvalue weighted by Crippen LogP contribution is 2.31. The molecule has 0 saturated carbocycles. The molecule has 0 radical (unpaired) electrons. The van der Waals surface area contributed by atoms with Crippen molar-refractivity contribution in [2.24, 2.45) is 0 Å². The number of alkyl halides is 3. The number of hydrogen-bond donors (Lipinski definition) is 3. The van der Waals surface area contributed by atoms with E-state index in [9.17, 15) is 27.9 Å². The lowest BCUT2D eigenvalue weighted by molar-refractivity contribution is -0.141. The predicted octanol–water partition coefficient (Wildman–Crippen LogP) is 4.37. The Bertz CT molecular complexity index is 1330. The van der Waals surface area contributed by atoms with Crippen LogP contribution in [-0.4, -0.2) is 36.7 Å². The number of aromatic amines is 1. The number of rotatable bonds is 4. The lowest BCUT2D eigenvalue weighted by Crippen LogP contribution is -2.19. The smallest absolute Gasteiger partial charge is 0.435 e. The van der Waals surface area contributed by atoms with Gasteiger partial charge in [-0.3, -0.25) is 4.79 Å². The van der Waals surface area contributed by atoms with E-state index in [0.717, 1.165) is 0 Å². The second-order valence-electron chi connectivity index (χ2n) is 6.32. The number of halogens is 4. The molecule has 0 spiro atoms. The van der Waals surface area contributed by atoms with Gasteiger partial charge in [0.25, 0.3) is 5.91 Å². The van der Waals surface area contributed by atoms with E-state index in [1.54, 1.807) is 12.1 Å². The van der Waals surface area contributed by atoms with Gasteiger partial charge >= 0.3 is 12.1 Å². The molecule has 1 aromatic carbocycles. The molecule has 8 nitrogen and oxygen atoms in total. The van der Waals surface area contributed by atoms with Gasteiger partial charge in [0.15, 0.2) is 11.5 Å². The van der Waals surface area contributed by atoms with E-state index in [4.69, 9.17) is 11.6 Å². The average molecular weight is 450 g/mol. The SMILES string of the molecule is O=C(O)c1c(NC(=O)c2cc(C(F)(F)F)nn2-c2ncccc2Cl)ccc2cc[nH]c12. The lowest BCUT2D eigenvalue weighted by Gasteiger charge is -2.11. The molecule has 31 heavy (non-hydrogen) atoms. The second kappa shape index (κ2) is 7.43. The van der Waals surface area contributed by atoms with Gasteiger partial charge < -0.3 is 15.4 Å². The van der Waals surface area contributed by atoms with Crippen LogP contribution in [0.5, 0.6) is 0 Å². The molecule has 0 saturated heterocycles. The number of aromatic carboxylic acids is 1. The van der Waals surface area contributed by atoms with Crippen LogP contribution < -0.4 is 5.32 Å². The summed E-state index contributed by atoms with van der Waals surface area (Å²) in [4.78, 5) is 31.3. The number of H-pyrrole nitrogens is 1. The Labute approximate surface area is 176 Å². The summed E-state index contributed by atoms with van der Waals surface area (Å²) >= 11 is 6.02. The molecule has 3 aromatic heterocycles. The maximum Gasteiger partial charge on any atom is 0.435 e. The zero-order chi connectivity index (χ0) is 22.3. The minimum atomic E-state index is -4.84. The normalized spacial score (nSPS) is 11.6. The summed E-state index contributed by atoms with van der Waals surface area (Å²) in [5.41, 5.74) is -1.97. The van der Waals surface area contributed by atoms with Crippen LogP contribution in [0.1, 0.15) is 26.5 Å². The van der Waals surface area contributed by atoms with Gasteiger partial charge in [0.1, 0.15) is 11.3 Å². The van der Waals surface area contributed by atoms with Crippen LogP contribution >= 0.6 is 11.6 Å². The molecule has 4 rings (SSSR count). The molecule has 0 aliphatic rings. The lowest BCUT2D eigenvalue weighted by atomic mass is 10.1. The second-order valence-corrected chi connectivity index (χ2v) is 6.73. The number of anilines is 1. The zero-order valence-electron chi connectivity index (χ0n) is 15.2. The number of fused-ring (bicyclic) bond motifs is 1. The number of amides is 1. The first-order chi connectivity index (χ1) is 14.7. The number of hydrogen-bond acceptors (Lipinski definition) is 4. The van der Waals surface area contributed by atoms with Crippen molar-refractivity contribution < 1.29 is 27.9 Å². The standard InChI is InChI=1S/C19H11ClF3N5O3/c20-10-2-1-6-25-16(10)28-12(8-13(27-28)19(21,22)23)17(29)26-11-4-3-9-5-7-24-15(9)14(11)18(30)31/h1-8,24H,(H,26,29)(H,30,31). The van der Waals surface area contributed by atoms with Gasteiger partial charge in [-0.1, -0.05) is 17.7 Å². The molecule has 4 aromatic rings. The van der Waals surface area contributed by atoms with Crippen LogP contribution in [0.3, 0.4) is 0 Å². The maximum atomic E-state index is 13.3. The molecule has 1 amide bonds. The summed E-state index contributed by atoms with van der Waals surface area (Å²) in [5, 5.41) is 15.9. The molecule has 3 heterocycles. The summed E-state index contributed by atoms with van der Waals surface area (Å²) in [7, 11) is 0. The first-order valence-corrected chi connectivity index (χ1v) is 8.97. The molecule has 0 aliphatic carbocycles. The molecule has 12 heteroatoms. The van der Waals surface area contributed by atoms with Crippen LogP contribution in [0.2, 0.25) is 5.02 Å². The van der Waals surface area contributed by atoms with Crippen LogP contribution in [0, 0.1) is 0 Å². The average Bonchev–Trinajstić information content (AvgIpc) is 3.34. The van der Waals surface area contributed by atoms with E-state index >= 15 is 0 Å². The minimum Gasteiger partial charge on any atom is -0.478 e. The Kier molecular flexibility index (Phi) is 4.90. The largest absolute Gasteiger partial charge is 0.478 e. The zero-order valence-corrected chi connectivity index (χ0v) is 16.0. The monoisotopic (exact) mass is 449 g/mol. The van der Waals surface area contributed by atoms with Gasteiger partial charge in [0.2, 0.25) is 0 Å². The fourth-order valence-corrected chi connectivity index (χ4v) is 3.22. The van der Waals surface area contributed by atoms with E-state index < -0.39 is 29.4 Å². The van der Waals surface area contributed by atoms with Crippen molar-refractivity contribution in [3.63, 3.8) is 0 Å². The number of carboxylic acid groups (broad SMARTS) is 1. The molecule has 3 N–H and O–H groups in total. The fourth-order valence-electron chi connectivity index (χ4n) is 3.02. The summed E-state index contributed by atoms with van der Waals surface area (Å²) in [6.07, 6.45) is -2.03. The topological polar surface area (TPSA) is 113 Å². The number of carbonyl (C=O) groups is 2. The molecule has 158 valence electrons. The number of nitrogens with zero attached hydrogens (tertiary/aromatic N) is 3. The van der Waals surface area contributed by atoms with E-state index in [1.807, 2.05) is 0 Å². The Hall–Kier alpha value is -3.86. The molecular formula is C19H11ClF3N5O3. The van der Waals surface area contributed by atoms with Gasteiger partial charge in [0, 0.05) is 23.8 Å². The highest BCUT2D eigenvalue weighted by Gasteiger charge is 2.36. The number of benzene rings is 1. The first kappa shape index (κ1) is 20.4. The fraction of sp³-hybridized carbons (Fsp3) is 0.0526. The van der Waals surface area contributed by atoms with Gasteiger partial charge in [-0.05, 0) is 24.3 Å². The molecule has 0 unspecified atom stereocenters.